The lowest BCUT2D eigenvalue weighted by molar-refractivity contribution is -0.385. The van der Waals surface area contributed by atoms with E-state index in [4.69, 9.17) is 10.8 Å². The molecule has 1 atom stereocenters. The first-order valence-electron chi connectivity index (χ1n) is 6.06. The fourth-order valence-electron chi connectivity index (χ4n) is 2.33. The van der Waals surface area contributed by atoms with Crippen LogP contribution in [0, 0.1) is 21.8 Å². The van der Waals surface area contributed by atoms with Crippen LogP contribution >= 0.6 is 0 Å². The largest absolute Gasteiger partial charge is 0.477 e. The number of amides is 1. The Morgan fingerprint density at radius 1 is 1.48 bits per heavy atom. The number of carboxylic acid groups (broad SMARTS) is 1. The summed E-state index contributed by atoms with van der Waals surface area (Å²) in [6.07, 6.45) is 0.425. The van der Waals surface area contributed by atoms with Gasteiger partial charge in [-0.05, 0) is 12.5 Å². The summed E-state index contributed by atoms with van der Waals surface area (Å²) in [5, 5.41) is 19.7. The number of anilines is 1. The molecule has 1 amide bonds. The van der Waals surface area contributed by atoms with E-state index in [-0.39, 0.29) is 12.2 Å². The number of nitrogens with zero attached hydrogens (tertiary/aromatic N) is 2. The van der Waals surface area contributed by atoms with Gasteiger partial charge in [-0.3, -0.25) is 14.9 Å². The Hall–Kier alpha value is -2.71. The number of benzene rings is 1. The third kappa shape index (κ3) is 2.76. The quantitative estimate of drug-likeness (QED) is 0.623. The van der Waals surface area contributed by atoms with Crippen LogP contribution in [-0.4, -0.2) is 35.0 Å². The lowest BCUT2D eigenvalue weighted by Crippen LogP contribution is -2.27. The molecule has 1 aromatic rings. The zero-order chi connectivity index (χ0) is 15.7. The van der Waals surface area contributed by atoms with Crippen molar-refractivity contribution in [2.75, 3.05) is 18.0 Å². The number of rotatable bonds is 4. The summed E-state index contributed by atoms with van der Waals surface area (Å²) in [7, 11) is 0. The highest BCUT2D eigenvalue weighted by Crippen LogP contribution is 2.31. The van der Waals surface area contributed by atoms with Gasteiger partial charge >= 0.3 is 5.97 Å². The summed E-state index contributed by atoms with van der Waals surface area (Å²) in [6, 6.07) is 1.50. The van der Waals surface area contributed by atoms with Crippen LogP contribution in [0.1, 0.15) is 16.8 Å². The Morgan fingerprint density at radius 2 is 2.14 bits per heavy atom. The number of nitrogens with two attached hydrogens (primary N) is 1. The highest BCUT2D eigenvalue weighted by Gasteiger charge is 2.31. The van der Waals surface area contributed by atoms with Gasteiger partial charge in [0.05, 0.1) is 22.6 Å². The van der Waals surface area contributed by atoms with Crippen LogP contribution in [0.2, 0.25) is 0 Å². The zero-order valence-electron chi connectivity index (χ0n) is 10.8. The average molecular weight is 297 g/mol. The van der Waals surface area contributed by atoms with Crippen LogP contribution in [0.15, 0.2) is 12.1 Å². The number of hydrogen-bond acceptors (Lipinski definition) is 5. The van der Waals surface area contributed by atoms with Gasteiger partial charge in [-0.1, -0.05) is 0 Å². The lowest BCUT2D eigenvalue weighted by Gasteiger charge is -2.19. The van der Waals surface area contributed by atoms with E-state index in [1.165, 1.54) is 4.90 Å². The number of primary amides is 1. The zero-order valence-corrected chi connectivity index (χ0v) is 10.8. The maximum Gasteiger partial charge on any atom is 0.342 e. The summed E-state index contributed by atoms with van der Waals surface area (Å²) in [4.78, 5) is 33.4. The van der Waals surface area contributed by atoms with Crippen molar-refractivity contribution in [2.45, 2.75) is 6.42 Å². The van der Waals surface area contributed by atoms with E-state index in [0.29, 0.717) is 19.0 Å². The molecule has 0 saturated carbocycles. The second kappa shape index (κ2) is 5.35. The first kappa shape index (κ1) is 14.7. The molecular formula is C12H12FN3O5. The van der Waals surface area contributed by atoms with E-state index >= 15 is 0 Å². The van der Waals surface area contributed by atoms with Crippen LogP contribution in [0.5, 0.6) is 0 Å². The van der Waals surface area contributed by atoms with Crippen LogP contribution in [0.25, 0.3) is 0 Å². The molecule has 1 heterocycles. The number of aromatic carboxylic acids is 1. The average Bonchev–Trinajstić information content (AvgIpc) is 2.87. The van der Waals surface area contributed by atoms with Gasteiger partial charge in [0.1, 0.15) is 5.56 Å². The fraction of sp³-hybridized carbons (Fsp3) is 0.333. The minimum Gasteiger partial charge on any atom is -0.477 e. The Labute approximate surface area is 118 Å². The molecule has 0 radical (unpaired) electrons. The van der Waals surface area contributed by atoms with E-state index in [1.807, 2.05) is 0 Å². The third-order valence-electron chi connectivity index (χ3n) is 3.42. The monoisotopic (exact) mass is 297 g/mol. The molecule has 1 aliphatic rings. The second-order valence-corrected chi connectivity index (χ2v) is 4.72. The van der Waals surface area contributed by atoms with Gasteiger partial charge in [0.2, 0.25) is 5.91 Å². The first-order valence-corrected chi connectivity index (χ1v) is 6.06. The number of nitro groups is 1. The first-order chi connectivity index (χ1) is 9.81. The smallest absolute Gasteiger partial charge is 0.342 e. The SMILES string of the molecule is NC(=O)C1CCN(c2cc(C(=O)O)c([N+](=O)[O-])cc2F)C1. The molecule has 1 saturated heterocycles. The standard InChI is InChI=1S/C12H12FN3O5/c13-8-4-9(16(20)21)7(12(18)19)3-10(8)15-2-1-6(5-15)11(14)17/h3-4,6H,1-2,5H2,(H2,14,17)(H,18,19). The maximum absolute atomic E-state index is 14.0. The van der Waals surface area contributed by atoms with Gasteiger partial charge in [0.15, 0.2) is 5.82 Å². The highest BCUT2D eigenvalue weighted by molar-refractivity contribution is 5.93. The second-order valence-electron chi connectivity index (χ2n) is 4.72. The predicted molar refractivity (Wildman–Crippen MR) is 69.5 cm³/mol. The summed E-state index contributed by atoms with van der Waals surface area (Å²) in [6.45, 7) is 0.477. The predicted octanol–water partition coefficient (Wildman–Crippen LogP) is 0.744. The lowest BCUT2D eigenvalue weighted by atomic mass is 10.1. The Morgan fingerprint density at radius 3 is 2.62 bits per heavy atom. The van der Waals surface area contributed by atoms with Crippen molar-refractivity contribution in [1.82, 2.24) is 0 Å². The van der Waals surface area contributed by atoms with Gasteiger partial charge in [-0.15, -0.1) is 0 Å². The van der Waals surface area contributed by atoms with Crippen molar-refractivity contribution in [2.24, 2.45) is 11.7 Å². The molecule has 0 aromatic heterocycles. The fourth-order valence-corrected chi connectivity index (χ4v) is 2.33. The van der Waals surface area contributed by atoms with Gasteiger partial charge in [-0.2, -0.15) is 0 Å². The molecule has 9 heteroatoms. The number of halogens is 1. The minimum absolute atomic E-state index is 0.0817. The van der Waals surface area contributed by atoms with Gasteiger partial charge in [0, 0.05) is 13.1 Å². The number of carboxylic acids is 1. The summed E-state index contributed by atoms with van der Waals surface area (Å²) < 4.78 is 14.0. The molecule has 2 rings (SSSR count). The highest BCUT2D eigenvalue weighted by atomic mass is 19.1. The molecule has 1 aromatic carbocycles. The number of carbonyl (C=O) groups excluding carboxylic acids is 1. The molecule has 3 N–H and O–H groups in total. The van der Waals surface area contributed by atoms with E-state index < -0.39 is 39.8 Å². The van der Waals surface area contributed by atoms with E-state index in [2.05, 4.69) is 0 Å². The van der Waals surface area contributed by atoms with E-state index in [1.54, 1.807) is 0 Å². The van der Waals surface area contributed by atoms with Crippen molar-refractivity contribution in [3.63, 3.8) is 0 Å². The van der Waals surface area contributed by atoms with Gasteiger partial charge in [0.25, 0.3) is 5.69 Å². The molecule has 0 bridgehead atoms. The molecule has 0 spiro atoms. The van der Waals surface area contributed by atoms with Crippen LogP contribution in [-0.2, 0) is 4.79 Å². The van der Waals surface area contributed by atoms with Crippen LogP contribution < -0.4 is 10.6 Å². The van der Waals surface area contributed by atoms with Crippen molar-refractivity contribution in [3.05, 3.63) is 33.6 Å². The third-order valence-corrected chi connectivity index (χ3v) is 3.42. The number of nitro benzene ring substituents is 1. The summed E-state index contributed by atoms with van der Waals surface area (Å²) >= 11 is 0. The van der Waals surface area contributed by atoms with E-state index in [9.17, 15) is 24.1 Å². The Bertz CT molecular complexity index is 634. The normalized spacial score (nSPS) is 17.8. The molecule has 112 valence electrons. The molecule has 1 unspecified atom stereocenters. The molecule has 21 heavy (non-hydrogen) atoms. The van der Waals surface area contributed by atoms with Crippen LogP contribution in [0.4, 0.5) is 15.8 Å². The van der Waals surface area contributed by atoms with Crippen molar-refractivity contribution in [1.29, 1.82) is 0 Å². The van der Waals surface area contributed by atoms with Crippen LogP contribution in [0.3, 0.4) is 0 Å². The maximum atomic E-state index is 14.0. The van der Waals surface area contributed by atoms with Crippen molar-refractivity contribution >= 4 is 23.3 Å². The molecule has 8 nitrogen and oxygen atoms in total. The Balaban J connectivity index is 2.42. The minimum atomic E-state index is -1.52. The van der Waals surface area contributed by atoms with Crippen molar-refractivity contribution in [3.8, 4) is 0 Å². The van der Waals surface area contributed by atoms with Crippen molar-refractivity contribution < 1.29 is 24.0 Å². The Kier molecular flexibility index (Phi) is 3.74. The van der Waals surface area contributed by atoms with Gasteiger partial charge < -0.3 is 15.7 Å². The van der Waals surface area contributed by atoms with E-state index in [0.717, 1.165) is 6.07 Å². The molecular weight excluding hydrogens is 285 g/mol. The molecule has 1 aliphatic heterocycles. The van der Waals surface area contributed by atoms with Gasteiger partial charge in [-0.25, -0.2) is 9.18 Å². The number of hydrogen-bond donors (Lipinski definition) is 2. The summed E-state index contributed by atoms with van der Waals surface area (Å²) in [5.74, 6) is -3.39. The molecule has 0 aliphatic carbocycles. The summed E-state index contributed by atoms with van der Waals surface area (Å²) in [5.41, 5.74) is 3.68. The number of carbonyl (C=O) groups is 2. The topological polar surface area (TPSA) is 127 Å². The molecule has 1 fully saturated rings.